The number of nitriles is 1. The molecule has 1 aromatic carbocycles. The van der Waals surface area contributed by atoms with Crippen LogP contribution in [0.15, 0.2) is 71.8 Å². The zero-order valence-corrected chi connectivity index (χ0v) is 15.3. The molecule has 1 N–H and O–H groups in total. The molecule has 28 heavy (non-hydrogen) atoms. The summed E-state index contributed by atoms with van der Waals surface area (Å²) < 4.78 is 3.10. The Hall–Kier alpha value is -3.69. The van der Waals surface area contributed by atoms with E-state index in [1.807, 2.05) is 6.07 Å². The zero-order valence-electron chi connectivity index (χ0n) is 14.6. The van der Waals surface area contributed by atoms with Gasteiger partial charge in [0.15, 0.2) is 5.56 Å². The monoisotopic (exact) mass is 389 g/mol. The molecule has 6 nitrogen and oxygen atoms in total. The minimum Gasteiger partial charge on any atom is -0.477 e. The van der Waals surface area contributed by atoms with E-state index < -0.39 is 0 Å². The SMILES string of the molecule is N#Cc1cccc(-c2c(O)[n+](Cc3ccc(Cl)nc3)c3ccccn3c2=O)c1. The van der Waals surface area contributed by atoms with Gasteiger partial charge < -0.3 is 5.11 Å². The number of fused-ring (bicyclic) bond motifs is 1. The summed E-state index contributed by atoms with van der Waals surface area (Å²) in [5, 5.41) is 20.6. The van der Waals surface area contributed by atoms with E-state index in [0.717, 1.165) is 5.56 Å². The first-order chi connectivity index (χ1) is 13.6. The van der Waals surface area contributed by atoms with Crippen LogP contribution in [0.1, 0.15) is 11.1 Å². The van der Waals surface area contributed by atoms with Crippen molar-refractivity contribution in [2.45, 2.75) is 6.54 Å². The molecule has 0 atom stereocenters. The minimum atomic E-state index is -0.367. The van der Waals surface area contributed by atoms with Gasteiger partial charge in [-0.1, -0.05) is 35.9 Å². The van der Waals surface area contributed by atoms with Crippen LogP contribution >= 0.6 is 11.6 Å². The third kappa shape index (κ3) is 3.08. The number of benzene rings is 1. The molecular formula is C21H14ClN4O2+. The highest BCUT2D eigenvalue weighted by Crippen LogP contribution is 2.24. The van der Waals surface area contributed by atoms with Crippen molar-refractivity contribution in [3.63, 3.8) is 0 Å². The van der Waals surface area contributed by atoms with Crippen molar-refractivity contribution < 1.29 is 9.67 Å². The summed E-state index contributed by atoms with van der Waals surface area (Å²) in [5.41, 5.74) is 1.98. The van der Waals surface area contributed by atoms with Crippen molar-refractivity contribution in [3.8, 4) is 23.1 Å². The number of aromatic nitrogens is 3. The molecule has 3 heterocycles. The first-order valence-corrected chi connectivity index (χ1v) is 8.83. The Morgan fingerprint density at radius 1 is 1.18 bits per heavy atom. The first-order valence-electron chi connectivity index (χ1n) is 8.45. The van der Waals surface area contributed by atoms with E-state index in [1.54, 1.807) is 65.5 Å². The van der Waals surface area contributed by atoms with E-state index >= 15 is 0 Å². The lowest BCUT2D eigenvalue weighted by Gasteiger charge is -2.10. The molecule has 136 valence electrons. The summed E-state index contributed by atoms with van der Waals surface area (Å²) in [4.78, 5) is 17.1. The fourth-order valence-electron chi connectivity index (χ4n) is 3.12. The number of halogens is 1. The fourth-order valence-corrected chi connectivity index (χ4v) is 3.23. The van der Waals surface area contributed by atoms with Crippen LogP contribution in [0.5, 0.6) is 5.88 Å². The fraction of sp³-hybridized carbons (Fsp3) is 0.0476. The molecule has 0 spiro atoms. The molecule has 0 aliphatic carbocycles. The van der Waals surface area contributed by atoms with Crippen LogP contribution < -0.4 is 10.1 Å². The maximum Gasteiger partial charge on any atom is 0.354 e. The third-order valence-corrected chi connectivity index (χ3v) is 4.66. The van der Waals surface area contributed by atoms with Gasteiger partial charge in [-0.2, -0.15) is 14.2 Å². The average Bonchev–Trinajstić information content (AvgIpc) is 2.73. The highest BCUT2D eigenvalue weighted by atomic mass is 35.5. The smallest absolute Gasteiger partial charge is 0.354 e. The second-order valence-electron chi connectivity index (χ2n) is 6.20. The van der Waals surface area contributed by atoms with Gasteiger partial charge in [0.05, 0.1) is 17.8 Å². The van der Waals surface area contributed by atoms with Crippen LogP contribution in [0.25, 0.3) is 16.8 Å². The van der Waals surface area contributed by atoms with Gasteiger partial charge in [-0.15, -0.1) is 0 Å². The van der Waals surface area contributed by atoms with Gasteiger partial charge in [-0.25, -0.2) is 9.78 Å². The molecule has 0 radical (unpaired) electrons. The lowest BCUT2D eigenvalue weighted by atomic mass is 10.1. The second-order valence-corrected chi connectivity index (χ2v) is 6.59. The topological polar surface area (TPSA) is 82.3 Å². The second kappa shape index (κ2) is 7.14. The third-order valence-electron chi connectivity index (χ3n) is 4.44. The van der Waals surface area contributed by atoms with E-state index in [4.69, 9.17) is 11.6 Å². The van der Waals surface area contributed by atoms with Gasteiger partial charge >= 0.3 is 5.56 Å². The molecule has 0 aliphatic rings. The van der Waals surface area contributed by atoms with Crippen LogP contribution in [-0.4, -0.2) is 14.5 Å². The number of rotatable bonds is 3. The molecule has 0 unspecified atom stereocenters. The minimum absolute atomic E-state index is 0.128. The lowest BCUT2D eigenvalue weighted by molar-refractivity contribution is -0.671. The molecule has 4 aromatic rings. The summed E-state index contributed by atoms with van der Waals surface area (Å²) in [7, 11) is 0. The van der Waals surface area contributed by atoms with Gasteiger partial charge in [0.1, 0.15) is 11.7 Å². The van der Waals surface area contributed by atoms with Crippen molar-refractivity contribution in [1.29, 1.82) is 5.26 Å². The van der Waals surface area contributed by atoms with Crippen molar-refractivity contribution in [3.05, 3.63) is 93.6 Å². The van der Waals surface area contributed by atoms with Crippen molar-refractivity contribution in [2.24, 2.45) is 0 Å². The molecule has 0 saturated carbocycles. The summed E-state index contributed by atoms with van der Waals surface area (Å²) in [6.45, 7) is 0.286. The number of pyridine rings is 2. The summed E-state index contributed by atoms with van der Waals surface area (Å²) >= 11 is 5.86. The van der Waals surface area contributed by atoms with Crippen LogP contribution in [-0.2, 0) is 6.54 Å². The molecule has 4 rings (SSSR count). The summed E-state index contributed by atoms with van der Waals surface area (Å²) in [6.07, 6.45) is 3.26. The molecule has 0 bridgehead atoms. The molecule has 0 fully saturated rings. The molecule has 7 heteroatoms. The Morgan fingerprint density at radius 3 is 2.79 bits per heavy atom. The molecular weight excluding hydrogens is 376 g/mol. The predicted molar refractivity (Wildman–Crippen MR) is 104 cm³/mol. The van der Waals surface area contributed by atoms with Crippen LogP contribution in [0, 0.1) is 11.3 Å². The quantitative estimate of drug-likeness (QED) is 0.431. The average molecular weight is 390 g/mol. The largest absolute Gasteiger partial charge is 0.477 e. The predicted octanol–water partition coefficient (Wildman–Crippen LogP) is 2.93. The van der Waals surface area contributed by atoms with Gasteiger partial charge in [0.25, 0.3) is 11.5 Å². The van der Waals surface area contributed by atoms with Crippen molar-refractivity contribution >= 4 is 17.2 Å². The summed E-state index contributed by atoms with van der Waals surface area (Å²) in [5.74, 6) is -0.179. The molecule has 3 aromatic heterocycles. The summed E-state index contributed by atoms with van der Waals surface area (Å²) in [6, 6.07) is 17.4. The number of aromatic hydroxyl groups is 1. The number of nitrogens with zero attached hydrogens (tertiary/aromatic N) is 4. The highest BCUT2D eigenvalue weighted by Gasteiger charge is 2.25. The molecule has 0 aliphatic heterocycles. The Bertz CT molecular complexity index is 1290. The van der Waals surface area contributed by atoms with E-state index in [-0.39, 0.29) is 23.5 Å². The van der Waals surface area contributed by atoms with Gasteiger partial charge in [0.2, 0.25) is 0 Å². The number of hydrogen-bond donors (Lipinski definition) is 1. The maximum atomic E-state index is 13.1. The van der Waals surface area contributed by atoms with Crippen LogP contribution in [0.2, 0.25) is 5.15 Å². The van der Waals surface area contributed by atoms with Crippen LogP contribution in [0.3, 0.4) is 0 Å². The van der Waals surface area contributed by atoms with Crippen molar-refractivity contribution in [1.82, 2.24) is 9.38 Å². The Labute approximate surface area is 165 Å². The van der Waals surface area contributed by atoms with Gasteiger partial charge in [-0.3, -0.25) is 0 Å². The molecule has 0 saturated heterocycles. The Kier molecular flexibility index (Phi) is 4.52. The standard InChI is InChI=1S/C21H13ClN4O2/c22-17-8-7-15(12-24-17)13-26-18-6-1-2-9-25(18)20(27)19(21(26)28)16-5-3-4-14(10-16)11-23/h1-10,12H,13H2/p+1. The van der Waals surface area contributed by atoms with Gasteiger partial charge in [0, 0.05) is 17.8 Å². The van der Waals surface area contributed by atoms with E-state index in [0.29, 0.717) is 21.9 Å². The Balaban J connectivity index is 2.00. The van der Waals surface area contributed by atoms with E-state index in [1.165, 1.54) is 4.40 Å². The van der Waals surface area contributed by atoms with Crippen molar-refractivity contribution in [2.75, 3.05) is 0 Å². The van der Waals surface area contributed by atoms with E-state index in [2.05, 4.69) is 11.1 Å². The molecule has 0 amide bonds. The van der Waals surface area contributed by atoms with E-state index in [9.17, 15) is 15.2 Å². The zero-order chi connectivity index (χ0) is 19.7. The maximum absolute atomic E-state index is 13.1. The normalized spacial score (nSPS) is 10.7. The lowest BCUT2D eigenvalue weighted by Crippen LogP contribution is -2.41. The highest BCUT2D eigenvalue weighted by molar-refractivity contribution is 6.29. The Morgan fingerprint density at radius 2 is 2.04 bits per heavy atom. The van der Waals surface area contributed by atoms with Crippen LogP contribution in [0.4, 0.5) is 0 Å². The number of hydrogen-bond acceptors (Lipinski definition) is 4. The first kappa shape index (κ1) is 17.7. The van der Waals surface area contributed by atoms with Gasteiger partial charge in [-0.05, 0) is 29.8 Å².